The fourth-order valence-corrected chi connectivity index (χ4v) is 2.04. The molecule has 102 valence electrons. The predicted octanol–water partition coefficient (Wildman–Crippen LogP) is 1.46. The highest BCUT2D eigenvalue weighted by atomic mass is 16.2. The number of amides is 1. The Morgan fingerprint density at radius 1 is 1.44 bits per heavy atom. The quantitative estimate of drug-likeness (QED) is 0.805. The molecule has 0 spiro atoms. The monoisotopic (exact) mass is 252 g/mol. The van der Waals surface area contributed by atoms with Crippen LogP contribution in [0.15, 0.2) is 6.07 Å². The molecule has 1 rings (SSSR count). The molecule has 0 aliphatic carbocycles. The van der Waals surface area contributed by atoms with Gasteiger partial charge in [-0.3, -0.25) is 9.48 Å². The van der Waals surface area contributed by atoms with Gasteiger partial charge < -0.3 is 11.1 Å². The molecule has 0 saturated heterocycles. The van der Waals surface area contributed by atoms with E-state index in [1.807, 2.05) is 33.8 Å². The molecule has 3 N–H and O–H groups in total. The number of carbonyl (C=O) groups excluding carboxylic acids is 1. The molecule has 0 aromatic carbocycles. The van der Waals surface area contributed by atoms with E-state index in [0.717, 1.165) is 18.5 Å². The summed E-state index contributed by atoms with van der Waals surface area (Å²) in [5, 5.41) is 7.34. The Kier molecular flexibility index (Phi) is 4.90. The van der Waals surface area contributed by atoms with Gasteiger partial charge in [-0.05, 0) is 32.8 Å². The normalized spacial score (nSPS) is 11.6. The van der Waals surface area contributed by atoms with Gasteiger partial charge in [0, 0.05) is 13.1 Å². The van der Waals surface area contributed by atoms with E-state index < -0.39 is 0 Å². The minimum atomic E-state index is -0.312. The van der Waals surface area contributed by atoms with Crippen LogP contribution in [0.5, 0.6) is 0 Å². The first kappa shape index (κ1) is 14.7. The van der Waals surface area contributed by atoms with Crippen molar-refractivity contribution < 1.29 is 4.79 Å². The van der Waals surface area contributed by atoms with Gasteiger partial charge in [-0.25, -0.2) is 0 Å². The topological polar surface area (TPSA) is 72.9 Å². The summed E-state index contributed by atoms with van der Waals surface area (Å²) < 4.78 is 1.72. The molecule has 1 heterocycles. The number of nitrogens with zero attached hydrogens (tertiary/aromatic N) is 2. The number of nitrogens with one attached hydrogen (secondary N) is 1. The molecule has 0 radical (unpaired) electrons. The minimum absolute atomic E-state index is 0.0911. The third-order valence-electron chi connectivity index (χ3n) is 3.56. The lowest BCUT2D eigenvalue weighted by atomic mass is 9.93. The van der Waals surface area contributed by atoms with E-state index in [1.54, 1.807) is 4.68 Å². The first-order chi connectivity index (χ1) is 8.51. The van der Waals surface area contributed by atoms with Crippen molar-refractivity contribution in [2.75, 3.05) is 6.54 Å². The Morgan fingerprint density at radius 3 is 2.50 bits per heavy atom. The van der Waals surface area contributed by atoms with E-state index in [4.69, 9.17) is 5.73 Å². The lowest BCUT2D eigenvalue weighted by Gasteiger charge is -2.31. The van der Waals surface area contributed by atoms with Gasteiger partial charge in [-0.1, -0.05) is 13.8 Å². The second kappa shape index (κ2) is 6.00. The van der Waals surface area contributed by atoms with Crippen LogP contribution < -0.4 is 11.1 Å². The number of aromatic nitrogens is 2. The summed E-state index contributed by atoms with van der Waals surface area (Å²) in [7, 11) is 0. The average Bonchev–Trinajstić information content (AvgIpc) is 2.77. The van der Waals surface area contributed by atoms with Gasteiger partial charge in [0.15, 0.2) is 0 Å². The SMILES string of the molecule is CCn1nc(C)cc1C(=O)NC(CC)(CC)CN. The summed E-state index contributed by atoms with van der Waals surface area (Å²) in [4.78, 5) is 12.3. The van der Waals surface area contributed by atoms with E-state index in [9.17, 15) is 4.79 Å². The molecule has 0 aliphatic heterocycles. The Labute approximate surface area is 109 Å². The van der Waals surface area contributed by atoms with Crippen LogP contribution in [0, 0.1) is 6.92 Å². The molecule has 0 fully saturated rings. The van der Waals surface area contributed by atoms with Gasteiger partial charge >= 0.3 is 0 Å². The molecular weight excluding hydrogens is 228 g/mol. The zero-order chi connectivity index (χ0) is 13.8. The van der Waals surface area contributed by atoms with Crippen molar-refractivity contribution in [1.82, 2.24) is 15.1 Å². The predicted molar refractivity (Wildman–Crippen MR) is 72.5 cm³/mol. The van der Waals surface area contributed by atoms with Crippen LogP contribution in [0.3, 0.4) is 0 Å². The molecule has 0 aliphatic rings. The van der Waals surface area contributed by atoms with Crippen molar-refractivity contribution in [2.45, 2.75) is 52.6 Å². The number of rotatable bonds is 6. The maximum Gasteiger partial charge on any atom is 0.270 e. The molecule has 0 atom stereocenters. The summed E-state index contributed by atoms with van der Waals surface area (Å²) in [6, 6.07) is 1.81. The smallest absolute Gasteiger partial charge is 0.270 e. The van der Waals surface area contributed by atoms with Crippen LogP contribution in [0.4, 0.5) is 0 Å². The first-order valence-corrected chi connectivity index (χ1v) is 6.59. The lowest BCUT2D eigenvalue weighted by molar-refractivity contribution is 0.0884. The molecule has 0 saturated carbocycles. The van der Waals surface area contributed by atoms with E-state index in [1.165, 1.54) is 0 Å². The summed E-state index contributed by atoms with van der Waals surface area (Å²) in [6.07, 6.45) is 1.65. The fraction of sp³-hybridized carbons (Fsp3) is 0.692. The maximum atomic E-state index is 12.3. The van der Waals surface area contributed by atoms with Crippen molar-refractivity contribution in [3.8, 4) is 0 Å². The van der Waals surface area contributed by atoms with Crippen molar-refractivity contribution in [3.05, 3.63) is 17.5 Å². The van der Waals surface area contributed by atoms with Crippen molar-refractivity contribution >= 4 is 5.91 Å². The molecule has 5 heteroatoms. The minimum Gasteiger partial charge on any atom is -0.344 e. The molecule has 0 bridgehead atoms. The molecular formula is C13H24N4O. The summed E-state index contributed by atoms with van der Waals surface area (Å²) in [5.74, 6) is -0.0911. The van der Waals surface area contributed by atoms with Gasteiger partial charge in [0.25, 0.3) is 5.91 Å². The fourth-order valence-electron chi connectivity index (χ4n) is 2.04. The van der Waals surface area contributed by atoms with Crippen LogP contribution in [-0.2, 0) is 6.54 Å². The summed E-state index contributed by atoms with van der Waals surface area (Å²) in [5.41, 5.74) is 6.94. The lowest BCUT2D eigenvalue weighted by Crippen LogP contribution is -2.53. The number of hydrogen-bond acceptors (Lipinski definition) is 3. The molecule has 0 unspecified atom stereocenters. The molecule has 5 nitrogen and oxygen atoms in total. The van der Waals surface area contributed by atoms with E-state index in [-0.39, 0.29) is 11.4 Å². The third kappa shape index (κ3) is 2.90. The van der Waals surface area contributed by atoms with E-state index in [0.29, 0.717) is 18.8 Å². The van der Waals surface area contributed by atoms with Gasteiger partial charge in [0.05, 0.1) is 11.2 Å². The largest absolute Gasteiger partial charge is 0.344 e. The highest BCUT2D eigenvalue weighted by molar-refractivity contribution is 5.93. The van der Waals surface area contributed by atoms with Gasteiger partial charge in [-0.15, -0.1) is 0 Å². The Hall–Kier alpha value is -1.36. The summed E-state index contributed by atoms with van der Waals surface area (Å²) in [6.45, 7) is 9.07. The first-order valence-electron chi connectivity index (χ1n) is 6.59. The van der Waals surface area contributed by atoms with Crippen LogP contribution in [0.2, 0.25) is 0 Å². The highest BCUT2D eigenvalue weighted by Gasteiger charge is 2.28. The molecule has 1 aromatic rings. The maximum absolute atomic E-state index is 12.3. The third-order valence-corrected chi connectivity index (χ3v) is 3.56. The zero-order valence-electron chi connectivity index (χ0n) is 11.8. The van der Waals surface area contributed by atoms with Crippen LogP contribution in [-0.4, -0.2) is 27.8 Å². The number of aryl methyl sites for hydroxylation is 2. The number of carbonyl (C=O) groups is 1. The molecule has 1 amide bonds. The van der Waals surface area contributed by atoms with Crippen LogP contribution >= 0.6 is 0 Å². The van der Waals surface area contributed by atoms with E-state index >= 15 is 0 Å². The second-order valence-electron chi connectivity index (χ2n) is 4.63. The Bertz CT molecular complexity index is 399. The second-order valence-corrected chi connectivity index (χ2v) is 4.63. The van der Waals surface area contributed by atoms with Crippen LogP contribution in [0.1, 0.15) is 49.8 Å². The van der Waals surface area contributed by atoms with Gasteiger partial charge in [0.1, 0.15) is 5.69 Å². The highest BCUT2D eigenvalue weighted by Crippen LogP contribution is 2.15. The van der Waals surface area contributed by atoms with Crippen molar-refractivity contribution in [2.24, 2.45) is 5.73 Å². The summed E-state index contributed by atoms with van der Waals surface area (Å²) >= 11 is 0. The molecule has 1 aromatic heterocycles. The Morgan fingerprint density at radius 2 is 2.06 bits per heavy atom. The number of hydrogen-bond donors (Lipinski definition) is 2. The van der Waals surface area contributed by atoms with Crippen LogP contribution in [0.25, 0.3) is 0 Å². The van der Waals surface area contributed by atoms with Gasteiger partial charge in [0.2, 0.25) is 0 Å². The van der Waals surface area contributed by atoms with E-state index in [2.05, 4.69) is 10.4 Å². The van der Waals surface area contributed by atoms with Gasteiger partial charge in [-0.2, -0.15) is 5.10 Å². The molecule has 18 heavy (non-hydrogen) atoms. The van der Waals surface area contributed by atoms with Crippen molar-refractivity contribution in [1.29, 1.82) is 0 Å². The zero-order valence-corrected chi connectivity index (χ0v) is 11.8. The standard InChI is InChI=1S/C13H24N4O/c1-5-13(6-2,9-14)15-12(18)11-8-10(4)16-17(11)7-3/h8H,5-7,9,14H2,1-4H3,(H,15,18). The Balaban J connectivity index is 2.93. The van der Waals surface area contributed by atoms with Crippen molar-refractivity contribution in [3.63, 3.8) is 0 Å². The average molecular weight is 252 g/mol. The number of nitrogens with two attached hydrogens (primary N) is 1.